The predicted octanol–water partition coefficient (Wildman–Crippen LogP) is 26.4. The molecule has 0 saturated heterocycles. The molecule has 0 aliphatic heterocycles. The van der Waals surface area contributed by atoms with Crippen LogP contribution in [0.4, 0.5) is 0 Å². The topological polar surface area (TPSA) is 40.6 Å². The predicted molar refractivity (Wildman–Crippen MR) is 428 cm³/mol. The largest absolute Gasteiger partial charge is 0.309 e. The van der Waals surface area contributed by atoms with Crippen LogP contribution in [0.2, 0.25) is 0 Å². The number of fused-ring (bicyclic) bond motifs is 19. The van der Waals surface area contributed by atoms with Crippen molar-refractivity contribution in [3.63, 3.8) is 0 Å². The van der Waals surface area contributed by atoms with Gasteiger partial charge in [0.05, 0.1) is 44.3 Å². The fourth-order valence-electron chi connectivity index (χ4n) is 16.1. The number of hydrogen-bond acceptors (Lipinski definition) is 5. The first-order valence-electron chi connectivity index (χ1n) is 33.9. The molecule has 0 aliphatic carbocycles. The van der Waals surface area contributed by atoms with Crippen molar-refractivity contribution in [2.75, 3.05) is 0 Å². The SMILES string of the molecule is c1ccc2c(c1)sc1ccc(-c3ccc4c(c3)c3ccccc3n4-c3ccc(-c4ccc(-c5nc(-n6c7ccccc7c7cc(-c8ccc9sc%10ccccc%10c9c8)ccc76)nc6ccc(-n7c8ccccc8c8cc(-c9ccc%10sc%11ccccc%11c%10c9)ccc87)cc56)cc4)cc3)cc12. The van der Waals surface area contributed by atoms with Crippen LogP contribution >= 0.6 is 34.0 Å². The highest BCUT2D eigenvalue weighted by Gasteiger charge is 2.23. The van der Waals surface area contributed by atoms with Crippen LogP contribution < -0.4 is 0 Å². The number of rotatable bonds is 8. The van der Waals surface area contributed by atoms with E-state index in [0.717, 1.165) is 77.5 Å². The van der Waals surface area contributed by atoms with Crippen molar-refractivity contribution in [2.24, 2.45) is 0 Å². The van der Waals surface area contributed by atoms with Crippen molar-refractivity contribution >= 4 is 171 Å². The maximum atomic E-state index is 5.76. The van der Waals surface area contributed by atoms with Gasteiger partial charge in [-0.2, -0.15) is 0 Å². The summed E-state index contributed by atoms with van der Waals surface area (Å²) < 4.78 is 15.0. The number of nitrogens with zero attached hydrogens (tertiary/aromatic N) is 5. The van der Waals surface area contributed by atoms with Crippen LogP contribution in [0.3, 0.4) is 0 Å². The summed E-state index contributed by atoms with van der Waals surface area (Å²) in [6.07, 6.45) is 0. The molecule has 7 heterocycles. The van der Waals surface area contributed by atoms with Gasteiger partial charge in [0.25, 0.3) is 0 Å². The summed E-state index contributed by atoms with van der Waals surface area (Å²) in [5, 5.41) is 16.0. The Labute approximate surface area is 584 Å². The quantitative estimate of drug-likeness (QED) is 0.152. The van der Waals surface area contributed by atoms with Crippen LogP contribution in [0.15, 0.2) is 322 Å². The minimum atomic E-state index is 0.618. The molecule has 464 valence electrons. The molecule has 0 spiro atoms. The van der Waals surface area contributed by atoms with E-state index >= 15 is 0 Å². The fraction of sp³-hybridized carbons (Fsp3) is 0. The standard InChI is InChI=1S/C92H53N5S3/c1-7-19-79-65(13-1)71-47-57(60-34-44-88-74(50-60)68-16-4-10-22-85(68)98-88)31-41-82(71)95(79)63-37-29-55(30-38-63)54-25-27-56(28-26-54)91-77-53-64(96-80-20-8-2-14-66(80)72-48-58(32-42-83(72)96)61-35-45-89-75(51-61)69-17-5-11-23-86(69)99-89)39-40-78(77)93-92(94-91)97-81-21-9-3-15-67(81)73-49-59(33-43-84(73)97)62-36-46-90-76(52-62)70-18-6-12-24-87(70)100-90/h1-53H. The molecule has 100 heavy (non-hydrogen) atoms. The van der Waals surface area contributed by atoms with Gasteiger partial charge < -0.3 is 9.13 Å². The first-order chi connectivity index (χ1) is 49.5. The molecule has 5 nitrogen and oxygen atoms in total. The lowest BCUT2D eigenvalue weighted by molar-refractivity contribution is 1.01. The van der Waals surface area contributed by atoms with Crippen LogP contribution in [0, 0.1) is 0 Å². The zero-order chi connectivity index (χ0) is 65.3. The normalized spacial score (nSPS) is 12.2. The third kappa shape index (κ3) is 8.52. The second-order valence-corrected chi connectivity index (χ2v) is 29.6. The average molecular weight is 1320 g/mol. The van der Waals surface area contributed by atoms with Gasteiger partial charge in [0, 0.05) is 115 Å². The van der Waals surface area contributed by atoms with Gasteiger partial charge >= 0.3 is 0 Å². The van der Waals surface area contributed by atoms with Crippen LogP contribution in [0.1, 0.15) is 0 Å². The Morgan fingerprint density at radius 2 is 0.500 bits per heavy atom. The zero-order valence-corrected chi connectivity index (χ0v) is 56.0. The minimum Gasteiger partial charge on any atom is -0.309 e. The molecule has 0 bridgehead atoms. The third-order valence-electron chi connectivity index (χ3n) is 20.9. The number of para-hydroxylation sites is 3. The monoisotopic (exact) mass is 1320 g/mol. The molecule has 0 amide bonds. The molecule has 0 unspecified atom stereocenters. The molecule has 0 radical (unpaired) electrons. The molecule has 15 aromatic carbocycles. The fourth-order valence-corrected chi connectivity index (χ4v) is 19.4. The zero-order valence-electron chi connectivity index (χ0n) is 53.6. The van der Waals surface area contributed by atoms with Crippen molar-refractivity contribution in [1.29, 1.82) is 0 Å². The maximum Gasteiger partial charge on any atom is 0.235 e. The van der Waals surface area contributed by atoms with Gasteiger partial charge in [0.15, 0.2) is 0 Å². The number of thiophene rings is 3. The Morgan fingerprint density at radius 3 is 0.950 bits per heavy atom. The molecule has 0 fully saturated rings. The lowest BCUT2D eigenvalue weighted by atomic mass is 10.00. The summed E-state index contributed by atoms with van der Waals surface area (Å²) in [4.78, 5) is 11.3. The van der Waals surface area contributed by atoms with E-state index in [9.17, 15) is 0 Å². The number of aromatic nitrogens is 5. The van der Waals surface area contributed by atoms with Crippen molar-refractivity contribution in [3.8, 4) is 73.1 Å². The highest BCUT2D eigenvalue weighted by molar-refractivity contribution is 7.26. The van der Waals surface area contributed by atoms with Crippen molar-refractivity contribution in [2.45, 2.75) is 0 Å². The molecular formula is C92H53N5S3. The third-order valence-corrected chi connectivity index (χ3v) is 24.3. The first kappa shape index (κ1) is 55.8. The minimum absolute atomic E-state index is 0.618. The van der Waals surface area contributed by atoms with Gasteiger partial charge in [-0.05, 0) is 184 Å². The second kappa shape index (κ2) is 21.6. The Kier molecular flexibility index (Phi) is 12.1. The van der Waals surface area contributed by atoms with Crippen LogP contribution in [0.25, 0.3) is 210 Å². The summed E-state index contributed by atoms with van der Waals surface area (Å²) in [6.45, 7) is 0. The summed E-state index contributed by atoms with van der Waals surface area (Å²) >= 11 is 5.57. The lowest BCUT2D eigenvalue weighted by Crippen LogP contribution is -2.04. The van der Waals surface area contributed by atoms with Crippen LogP contribution in [-0.4, -0.2) is 23.7 Å². The van der Waals surface area contributed by atoms with E-state index in [-0.39, 0.29) is 0 Å². The molecule has 0 aliphatic rings. The molecular weight excluding hydrogens is 1270 g/mol. The van der Waals surface area contributed by atoms with Crippen LogP contribution in [-0.2, 0) is 0 Å². The maximum absolute atomic E-state index is 5.76. The summed E-state index contributed by atoms with van der Waals surface area (Å²) in [7, 11) is 0. The van der Waals surface area contributed by atoms with Gasteiger partial charge in [0.1, 0.15) is 0 Å². The van der Waals surface area contributed by atoms with Gasteiger partial charge in [-0.1, -0.05) is 182 Å². The molecule has 22 aromatic rings. The Hall–Kier alpha value is -12.3. The van der Waals surface area contributed by atoms with Gasteiger partial charge in [-0.15, -0.1) is 34.0 Å². The highest BCUT2D eigenvalue weighted by Crippen LogP contribution is 2.45. The van der Waals surface area contributed by atoms with Crippen molar-refractivity contribution in [3.05, 3.63) is 322 Å². The van der Waals surface area contributed by atoms with Gasteiger partial charge in [-0.25, -0.2) is 9.97 Å². The molecule has 7 aromatic heterocycles. The van der Waals surface area contributed by atoms with E-state index in [1.807, 2.05) is 34.0 Å². The Balaban J connectivity index is 0.666. The van der Waals surface area contributed by atoms with Gasteiger partial charge in [-0.3, -0.25) is 4.57 Å². The lowest BCUT2D eigenvalue weighted by Gasteiger charge is -2.15. The smallest absolute Gasteiger partial charge is 0.235 e. The van der Waals surface area contributed by atoms with E-state index < -0.39 is 0 Å². The van der Waals surface area contributed by atoms with E-state index in [2.05, 4.69) is 335 Å². The molecule has 0 saturated carbocycles. The van der Waals surface area contributed by atoms with Crippen molar-refractivity contribution < 1.29 is 0 Å². The molecule has 22 rings (SSSR count). The number of hydrogen-bond donors (Lipinski definition) is 0. The summed E-state index contributed by atoms with van der Waals surface area (Å²) in [5.74, 6) is 0.618. The molecule has 8 heteroatoms. The van der Waals surface area contributed by atoms with E-state index in [1.54, 1.807) is 0 Å². The van der Waals surface area contributed by atoms with E-state index in [1.165, 1.54) is 126 Å². The Bertz CT molecular complexity index is 7220. The van der Waals surface area contributed by atoms with E-state index in [0.29, 0.717) is 5.95 Å². The van der Waals surface area contributed by atoms with Gasteiger partial charge in [0.2, 0.25) is 5.95 Å². The average Bonchev–Trinajstić information content (AvgIpc) is 1.56. The summed E-state index contributed by atoms with van der Waals surface area (Å²) in [6, 6.07) is 119. The molecule has 0 N–H and O–H groups in total. The van der Waals surface area contributed by atoms with Crippen LogP contribution in [0.5, 0.6) is 0 Å². The second-order valence-electron chi connectivity index (χ2n) is 26.4. The number of benzene rings is 15. The first-order valence-corrected chi connectivity index (χ1v) is 36.4. The highest BCUT2D eigenvalue weighted by atomic mass is 32.1. The summed E-state index contributed by atoms with van der Waals surface area (Å²) in [5.41, 5.74) is 21.1. The van der Waals surface area contributed by atoms with Crippen molar-refractivity contribution in [1.82, 2.24) is 23.7 Å². The Morgan fingerprint density at radius 1 is 0.190 bits per heavy atom. The van der Waals surface area contributed by atoms with E-state index in [4.69, 9.17) is 9.97 Å². The molecule has 0 atom stereocenters.